The van der Waals surface area contributed by atoms with Crippen LogP contribution in [0.5, 0.6) is 0 Å². The molecular formula is C63H96O6. The molecule has 0 N–H and O–H groups in total. The summed E-state index contributed by atoms with van der Waals surface area (Å²) in [5.41, 5.74) is 0. The zero-order valence-electron chi connectivity index (χ0n) is 43.8. The van der Waals surface area contributed by atoms with Crippen molar-refractivity contribution < 1.29 is 28.6 Å². The van der Waals surface area contributed by atoms with E-state index in [1.54, 1.807) is 0 Å². The van der Waals surface area contributed by atoms with Crippen molar-refractivity contribution in [1.82, 2.24) is 0 Å². The smallest absolute Gasteiger partial charge is 0.306 e. The Labute approximate surface area is 422 Å². The van der Waals surface area contributed by atoms with Gasteiger partial charge in [-0.25, -0.2) is 0 Å². The molecule has 0 aromatic rings. The zero-order valence-corrected chi connectivity index (χ0v) is 43.8. The molecule has 0 rings (SSSR count). The molecule has 0 bridgehead atoms. The molecule has 0 saturated heterocycles. The van der Waals surface area contributed by atoms with E-state index in [0.717, 1.165) is 154 Å². The van der Waals surface area contributed by atoms with Crippen molar-refractivity contribution in [3.63, 3.8) is 0 Å². The monoisotopic (exact) mass is 949 g/mol. The Balaban J connectivity index is 4.59. The second-order valence-corrected chi connectivity index (χ2v) is 17.0. The van der Waals surface area contributed by atoms with Crippen molar-refractivity contribution in [2.45, 2.75) is 207 Å². The van der Waals surface area contributed by atoms with Gasteiger partial charge in [0.25, 0.3) is 0 Å². The lowest BCUT2D eigenvalue weighted by Gasteiger charge is -2.18. The van der Waals surface area contributed by atoms with Crippen LogP contribution in [0.1, 0.15) is 201 Å². The maximum atomic E-state index is 12.8. The minimum Gasteiger partial charge on any atom is -0.462 e. The SMILES string of the molecule is CC/C=C\C/C=C\C/C=C\C/C=C\C/C=C\CCCCCC(=O)OC[C@H](COC(=O)CCCCCC/C=C\C/C=C\C/C=C\C/C=C\CC)OC(=O)CCCC/C=C\C/C=C\C/C=C\C/C=C\CC. The van der Waals surface area contributed by atoms with Crippen LogP contribution in [-0.2, 0) is 28.6 Å². The number of rotatable bonds is 46. The third-order valence-corrected chi connectivity index (χ3v) is 10.5. The molecule has 0 aliphatic carbocycles. The van der Waals surface area contributed by atoms with Crippen LogP contribution in [0.2, 0.25) is 0 Å². The Morgan fingerprint density at radius 3 is 0.841 bits per heavy atom. The van der Waals surface area contributed by atoms with Gasteiger partial charge in [0.1, 0.15) is 13.2 Å². The van der Waals surface area contributed by atoms with Gasteiger partial charge in [0.15, 0.2) is 6.10 Å². The third kappa shape index (κ3) is 53.8. The second-order valence-electron chi connectivity index (χ2n) is 17.0. The van der Waals surface area contributed by atoms with Crippen molar-refractivity contribution >= 4 is 17.9 Å². The summed E-state index contributed by atoms with van der Waals surface area (Å²) in [4.78, 5) is 38.1. The summed E-state index contributed by atoms with van der Waals surface area (Å²) >= 11 is 0. The van der Waals surface area contributed by atoms with E-state index < -0.39 is 6.10 Å². The summed E-state index contributed by atoms with van der Waals surface area (Å²) in [7, 11) is 0. The van der Waals surface area contributed by atoms with Gasteiger partial charge in [-0.1, -0.05) is 198 Å². The Bertz CT molecular complexity index is 1610. The van der Waals surface area contributed by atoms with Crippen molar-refractivity contribution in [3.05, 3.63) is 158 Å². The zero-order chi connectivity index (χ0) is 50.0. The van der Waals surface area contributed by atoms with Crippen LogP contribution in [-0.4, -0.2) is 37.2 Å². The molecule has 0 spiro atoms. The fourth-order valence-corrected chi connectivity index (χ4v) is 6.57. The number of hydrogen-bond donors (Lipinski definition) is 0. The fourth-order valence-electron chi connectivity index (χ4n) is 6.57. The van der Waals surface area contributed by atoms with Crippen molar-refractivity contribution in [2.75, 3.05) is 13.2 Å². The van der Waals surface area contributed by atoms with Gasteiger partial charge in [-0.15, -0.1) is 0 Å². The van der Waals surface area contributed by atoms with E-state index in [0.29, 0.717) is 19.3 Å². The Kier molecular flexibility index (Phi) is 51.6. The van der Waals surface area contributed by atoms with Crippen LogP contribution in [0.25, 0.3) is 0 Å². The van der Waals surface area contributed by atoms with Crippen LogP contribution in [0.4, 0.5) is 0 Å². The van der Waals surface area contributed by atoms with Gasteiger partial charge >= 0.3 is 17.9 Å². The molecule has 6 heteroatoms. The first kappa shape index (κ1) is 64.0. The number of carbonyl (C=O) groups is 3. The summed E-state index contributed by atoms with van der Waals surface area (Å²) in [6, 6.07) is 0. The molecule has 0 unspecified atom stereocenters. The lowest BCUT2D eigenvalue weighted by molar-refractivity contribution is -0.167. The second kappa shape index (κ2) is 55.6. The van der Waals surface area contributed by atoms with E-state index in [1.165, 1.54) is 0 Å². The minimum absolute atomic E-state index is 0.126. The predicted octanol–water partition coefficient (Wildman–Crippen LogP) is 18.2. The number of allylic oxidation sites excluding steroid dienone is 26. The summed E-state index contributed by atoms with van der Waals surface area (Å²) < 4.78 is 16.7. The van der Waals surface area contributed by atoms with Gasteiger partial charge in [0, 0.05) is 19.3 Å². The Morgan fingerprint density at radius 2 is 0.522 bits per heavy atom. The van der Waals surface area contributed by atoms with Gasteiger partial charge in [-0.3, -0.25) is 14.4 Å². The molecule has 0 fully saturated rings. The maximum absolute atomic E-state index is 12.8. The van der Waals surface area contributed by atoms with Gasteiger partial charge < -0.3 is 14.2 Å². The van der Waals surface area contributed by atoms with Crippen LogP contribution >= 0.6 is 0 Å². The first-order chi connectivity index (χ1) is 34.0. The van der Waals surface area contributed by atoms with Gasteiger partial charge in [0.2, 0.25) is 0 Å². The molecule has 1 atom stereocenters. The summed E-state index contributed by atoms with van der Waals surface area (Å²) in [6.07, 6.45) is 80.8. The molecule has 0 aliphatic rings. The van der Waals surface area contributed by atoms with E-state index in [-0.39, 0.29) is 37.5 Å². The molecule has 0 heterocycles. The van der Waals surface area contributed by atoms with Gasteiger partial charge in [-0.05, 0) is 141 Å². The fraction of sp³-hybridized carbons (Fsp3) is 0.540. The van der Waals surface area contributed by atoms with Crippen LogP contribution in [0.3, 0.4) is 0 Å². The lowest BCUT2D eigenvalue weighted by Crippen LogP contribution is -2.30. The molecule has 6 nitrogen and oxygen atoms in total. The van der Waals surface area contributed by atoms with E-state index in [4.69, 9.17) is 14.2 Å². The topological polar surface area (TPSA) is 78.9 Å². The van der Waals surface area contributed by atoms with Gasteiger partial charge in [0.05, 0.1) is 0 Å². The van der Waals surface area contributed by atoms with Crippen LogP contribution < -0.4 is 0 Å². The highest BCUT2D eigenvalue weighted by Gasteiger charge is 2.19. The molecule has 0 aromatic carbocycles. The summed E-state index contributed by atoms with van der Waals surface area (Å²) in [5.74, 6) is -1.03. The van der Waals surface area contributed by atoms with Crippen LogP contribution in [0.15, 0.2) is 158 Å². The molecule has 0 radical (unpaired) electrons. The average molecular weight is 949 g/mol. The van der Waals surface area contributed by atoms with E-state index in [2.05, 4.69) is 179 Å². The molecule has 69 heavy (non-hydrogen) atoms. The van der Waals surface area contributed by atoms with E-state index in [1.807, 2.05) is 0 Å². The number of esters is 3. The summed E-state index contributed by atoms with van der Waals surface area (Å²) in [6.45, 7) is 6.19. The highest BCUT2D eigenvalue weighted by atomic mass is 16.6. The van der Waals surface area contributed by atoms with Crippen molar-refractivity contribution in [2.24, 2.45) is 0 Å². The number of unbranched alkanes of at least 4 members (excludes halogenated alkanes) is 9. The number of ether oxygens (including phenoxy) is 3. The first-order valence-corrected chi connectivity index (χ1v) is 27.0. The highest BCUT2D eigenvalue weighted by Crippen LogP contribution is 2.11. The van der Waals surface area contributed by atoms with Gasteiger partial charge in [-0.2, -0.15) is 0 Å². The largest absolute Gasteiger partial charge is 0.462 e. The number of hydrogen-bond acceptors (Lipinski definition) is 6. The molecule has 0 saturated carbocycles. The lowest BCUT2D eigenvalue weighted by atomic mass is 10.1. The Hall–Kier alpha value is -4.97. The predicted molar refractivity (Wildman–Crippen MR) is 297 cm³/mol. The average Bonchev–Trinajstić information content (AvgIpc) is 3.35. The van der Waals surface area contributed by atoms with Crippen molar-refractivity contribution in [3.8, 4) is 0 Å². The maximum Gasteiger partial charge on any atom is 0.306 e. The first-order valence-electron chi connectivity index (χ1n) is 27.0. The quantitative estimate of drug-likeness (QED) is 0.0262. The standard InChI is InChI=1S/C63H96O6/c1-4-7-10-13-16-19-22-25-28-30-31-33-36-38-41-44-47-50-53-56-62(65)68-59-60(69-63(66)57-54-51-48-45-42-39-34-27-24-21-18-15-12-9-6-3)58-67-61(64)55-52-49-46-43-40-37-35-32-29-26-23-20-17-14-11-8-5-2/h7-12,16-21,25-29,31,33-35,37-38,41-42,45,60H,4-6,13-15,22-24,30,32,36,39-40,43-44,46-59H2,1-3H3/b10-7-,11-8-,12-9-,19-16-,20-17-,21-18-,28-25-,29-26-,33-31-,34-27-,37-35-,41-38-,45-42-/t60-/m0/s1. The molecule has 0 amide bonds. The normalized spacial score (nSPS) is 13.4. The van der Waals surface area contributed by atoms with Crippen molar-refractivity contribution in [1.29, 1.82) is 0 Å². The minimum atomic E-state index is -0.832. The molecular weight excluding hydrogens is 853 g/mol. The van der Waals surface area contributed by atoms with E-state index in [9.17, 15) is 14.4 Å². The molecule has 0 aromatic heterocycles. The Morgan fingerprint density at radius 1 is 0.290 bits per heavy atom. The highest BCUT2D eigenvalue weighted by molar-refractivity contribution is 5.71. The van der Waals surface area contributed by atoms with E-state index >= 15 is 0 Å². The molecule has 384 valence electrons. The van der Waals surface area contributed by atoms with Crippen LogP contribution in [0, 0.1) is 0 Å². The third-order valence-electron chi connectivity index (χ3n) is 10.5. The summed E-state index contributed by atoms with van der Waals surface area (Å²) in [5, 5.41) is 0. The number of carbonyl (C=O) groups excluding carboxylic acids is 3. The molecule has 0 aliphatic heterocycles.